The van der Waals surface area contributed by atoms with Crippen molar-refractivity contribution in [1.82, 2.24) is 4.98 Å². The Hall–Kier alpha value is -2.14. The first-order chi connectivity index (χ1) is 9.86. The maximum atomic E-state index is 12.3. The molecule has 108 valence electrons. The molecule has 0 unspecified atom stereocenters. The molecule has 2 aromatic rings. The molecule has 1 aromatic heterocycles. The van der Waals surface area contributed by atoms with Gasteiger partial charge >= 0.3 is 6.18 Å². The molecular weight excluding hydrogens is 303 g/mol. The van der Waals surface area contributed by atoms with Crippen LogP contribution in [0.15, 0.2) is 48.7 Å². The number of aromatic nitrogens is 1. The van der Waals surface area contributed by atoms with Crippen molar-refractivity contribution in [3.8, 4) is 0 Å². The third-order valence-electron chi connectivity index (χ3n) is 2.61. The van der Waals surface area contributed by atoms with Gasteiger partial charge in [0.2, 0.25) is 0 Å². The molecule has 0 saturated carbocycles. The minimum absolute atomic E-state index is 0.294. The molecule has 1 aromatic carbocycles. The summed E-state index contributed by atoms with van der Waals surface area (Å²) < 4.78 is 37.0. The average Bonchev–Trinajstić information content (AvgIpc) is 2.44. The van der Waals surface area contributed by atoms with Crippen molar-refractivity contribution in [2.45, 2.75) is 6.18 Å². The lowest BCUT2D eigenvalue weighted by Gasteiger charge is -2.04. The number of benzene rings is 1. The van der Waals surface area contributed by atoms with Crippen molar-refractivity contribution >= 4 is 23.5 Å². The fourth-order valence-corrected chi connectivity index (χ4v) is 1.77. The molecule has 0 bridgehead atoms. The Morgan fingerprint density at radius 3 is 2.52 bits per heavy atom. The highest BCUT2D eigenvalue weighted by Crippen LogP contribution is 2.27. The number of carbonyl (C=O) groups excluding carboxylic acids is 1. The van der Waals surface area contributed by atoms with E-state index in [2.05, 4.69) is 4.98 Å². The summed E-state index contributed by atoms with van der Waals surface area (Å²) in [5.41, 5.74) is -0.169. The number of halogens is 4. The Morgan fingerprint density at radius 1 is 1.19 bits per heavy atom. The van der Waals surface area contributed by atoms with Crippen LogP contribution in [0.3, 0.4) is 0 Å². The van der Waals surface area contributed by atoms with E-state index in [1.54, 1.807) is 18.2 Å². The highest BCUT2D eigenvalue weighted by Gasteiger charge is 2.31. The van der Waals surface area contributed by atoms with Crippen molar-refractivity contribution in [3.63, 3.8) is 0 Å². The summed E-state index contributed by atoms with van der Waals surface area (Å²) >= 11 is 5.77. The molecule has 0 atom stereocenters. The molecule has 0 N–H and O–H groups in total. The van der Waals surface area contributed by atoms with Crippen LogP contribution in [0.5, 0.6) is 0 Å². The number of carbonyl (C=O) groups is 1. The molecule has 1 heterocycles. The second kappa shape index (κ2) is 6.10. The Morgan fingerprint density at radius 2 is 1.95 bits per heavy atom. The second-order valence-electron chi connectivity index (χ2n) is 4.18. The summed E-state index contributed by atoms with van der Waals surface area (Å²) in [7, 11) is 0. The minimum atomic E-state index is -4.47. The molecule has 21 heavy (non-hydrogen) atoms. The van der Waals surface area contributed by atoms with Gasteiger partial charge in [0.25, 0.3) is 0 Å². The summed E-state index contributed by atoms with van der Waals surface area (Å²) in [5, 5.41) is 0.436. The van der Waals surface area contributed by atoms with E-state index in [-0.39, 0.29) is 5.78 Å². The van der Waals surface area contributed by atoms with E-state index in [1.807, 2.05) is 0 Å². The van der Waals surface area contributed by atoms with Crippen LogP contribution in [0.25, 0.3) is 6.08 Å². The number of alkyl halides is 3. The average molecular weight is 312 g/mol. The second-order valence-corrected chi connectivity index (χ2v) is 4.62. The Bertz CT molecular complexity index is 678. The highest BCUT2D eigenvalue weighted by atomic mass is 35.5. The summed E-state index contributed by atoms with van der Waals surface area (Å²) in [4.78, 5) is 15.2. The van der Waals surface area contributed by atoms with Crippen molar-refractivity contribution in [1.29, 1.82) is 0 Å². The third-order valence-corrected chi connectivity index (χ3v) is 2.85. The summed E-state index contributed by atoms with van der Waals surface area (Å²) in [6, 6.07) is 8.51. The van der Waals surface area contributed by atoms with Gasteiger partial charge in [-0.05, 0) is 35.9 Å². The Balaban J connectivity index is 2.12. The largest absolute Gasteiger partial charge is 0.433 e. The van der Waals surface area contributed by atoms with Crippen molar-refractivity contribution in [2.75, 3.05) is 0 Å². The first kappa shape index (κ1) is 15.3. The number of hydrogen-bond donors (Lipinski definition) is 0. The van der Waals surface area contributed by atoms with Gasteiger partial charge in [0.15, 0.2) is 5.78 Å². The maximum absolute atomic E-state index is 12.3. The van der Waals surface area contributed by atoms with Gasteiger partial charge in [0, 0.05) is 16.8 Å². The van der Waals surface area contributed by atoms with Crippen LogP contribution in [0.2, 0.25) is 5.02 Å². The molecule has 0 fully saturated rings. The molecule has 2 rings (SSSR count). The SMILES string of the molecule is O=C(C=Cc1ccc(C(F)(F)F)nc1)c1cccc(Cl)c1. The van der Waals surface area contributed by atoms with Crippen molar-refractivity contribution < 1.29 is 18.0 Å². The van der Waals surface area contributed by atoms with Gasteiger partial charge in [-0.15, -0.1) is 0 Å². The van der Waals surface area contributed by atoms with Gasteiger partial charge < -0.3 is 0 Å². The highest BCUT2D eigenvalue weighted by molar-refractivity contribution is 6.31. The number of ketones is 1. The predicted octanol–water partition coefficient (Wildman–Crippen LogP) is 4.65. The van der Waals surface area contributed by atoms with E-state index in [0.717, 1.165) is 12.3 Å². The predicted molar refractivity (Wildman–Crippen MR) is 74.1 cm³/mol. The molecule has 2 nitrogen and oxygen atoms in total. The monoisotopic (exact) mass is 311 g/mol. The van der Waals surface area contributed by atoms with Gasteiger partial charge in [-0.3, -0.25) is 9.78 Å². The Kier molecular flexibility index (Phi) is 4.43. The minimum Gasteiger partial charge on any atom is -0.289 e. The quantitative estimate of drug-likeness (QED) is 0.610. The van der Waals surface area contributed by atoms with Crippen LogP contribution in [0, 0.1) is 0 Å². The van der Waals surface area contributed by atoms with Gasteiger partial charge in [-0.2, -0.15) is 13.2 Å². The van der Waals surface area contributed by atoms with E-state index in [4.69, 9.17) is 11.6 Å². The number of pyridine rings is 1. The zero-order chi connectivity index (χ0) is 15.5. The standard InChI is InChI=1S/C15H9ClF3NO/c16-12-3-1-2-11(8-12)13(21)6-4-10-5-7-14(20-9-10)15(17,18)19/h1-9H. The molecule has 6 heteroatoms. The van der Waals surface area contributed by atoms with Crippen LogP contribution < -0.4 is 0 Å². The summed E-state index contributed by atoms with van der Waals surface area (Å²) in [6.45, 7) is 0. The van der Waals surface area contributed by atoms with Gasteiger partial charge in [0.1, 0.15) is 5.69 Å². The normalized spacial score (nSPS) is 11.8. The lowest BCUT2D eigenvalue weighted by Crippen LogP contribution is -2.07. The third kappa shape index (κ3) is 4.16. The molecule has 0 saturated heterocycles. The topological polar surface area (TPSA) is 30.0 Å². The number of rotatable bonds is 3. The summed E-state index contributed by atoms with van der Waals surface area (Å²) in [5.74, 6) is -0.294. The van der Waals surface area contributed by atoms with Crippen LogP contribution >= 0.6 is 11.6 Å². The maximum Gasteiger partial charge on any atom is 0.433 e. The fraction of sp³-hybridized carbons (Fsp3) is 0.0667. The van der Waals surface area contributed by atoms with Crippen LogP contribution in [-0.4, -0.2) is 10.8 Å². The number of hydrogen-bond acceptors (Lipinski definition) is 2. The number of nitrogens with zero attached hydrogens (tertiary/aromatic N) is 1. The van der Waals surface area contributed by atoms with Crippen molar-refractivity contribution in [3.05, 3.63) is 70.5 Å². The zero-order valence-electron chi connectivity index (χ0n) is 10.6. The van der Waals surface area contributed by atoms with E-state index in [9.17, 15) is 18.0 Å². The summed E-state index contributed by atoms with van der Waals surface area (Å²) in [6.07, 6.45) is -0.754. The first-order valence-electron chi connectivity index (χ1n) is 5.87. The number of allylic oxidation sites excluding steroid dienone is 1. The fourth-order valence-electron chi connectivity index (χ4n) is 1.58. The van der Waals surface area contributed by atoms with Crippen molar-refractivity contribution in [2.24, 2.45) is 0 Å². The molecular formula is C15H9ClF3NO. The van der Waals surface area contributed by atoms with Crippen LogP contribution in [0.4, 0.5) is 13.2 Å². The smallest absolute Gasteiger partial charge is 0.289 e. The molecule has 0 aliphatic carbocycles. The van der Waals surface area contributed by atoms with Gasteiger partial charge in [-0.1, -0.05) is 29.8 Å². The van der Waals surface area contributed by atoms with Gasteiger partial charge in [-0.25, -0.2) is 0 Å². The molecule has 0 radical (unpaired) electrons. The Labute approximate surface area is 123 Å². The molecule has 0 amide bonds. The molecule has 0 aliphatic rings. The molecule has 0 aliphatic heterocycles. The van der Waals surface area contributed by atoms with E-state index < -0.39 is 11.9 Å². The zero-order valence-corrected chi connectivity index (χ0v) is 11.3. The van der Waals surface area contributed by atoms with Gasteiger partial charge in [0.05, 0.1) is 0 Å². The lowest BCUT2D eigenvalue weighted by molar-refractivity contribution is -0.141. The van der Waals surface area contributed by atoms with E-state index in [0.29, 0.717) is 16.1 Å². The lowest BCUT2D eigenvalue weighted by atomic mass is 10.1. The van der Waals surface area contributed by atoms with E-state index >= 15 is 0 Å². The van der Waals surface area contributed by atoms with E-state index in [1.165, 1.54) is 24.3 Å². The van der Waals surface area contributed by atoms with Crippen LogP contribution in [-0.2, 0) is 6.18 Å². The van der Waals surface area contributed by atoms with Crippen LogP contribution in [0.1, 0.15) is 21.6 Å². The first-order valence-corrected chi connectivity index (χ1v) is 6.25. The molecule has 0 spiro atoms.